The van der Waals surface area contributed by atoms with E-state index in [1.54, 1.807) is 5.57 Å². The molecule has 12 aromatic carbocycles. The quantitative estimate of drug-likeness (QED) is 0.121. The Labute approximate surface area is 539 Å². The molecule has 2 aromatic heterocycles. The zero-order chi connectivity index (χ0) is 61.7. The van der Waals surface area contributed by atoms with Crippen LogP contribution in [0.5, 0.6) is 0 Å². The first-order valence-electron chi connectivity index (χ1n) is 32.4. The third-order valence-electron chi connectivity index (χ3n) is 20.0. The van der Waals surface area contributed by atoms with Crippen molar-refractivity contribution in [3.63, 3.8) is 0 Å². The van der Waals surface area contributed by atoms with Gasteiger partial charge in [-0.1, -0.05) is 227 Å². The van der Waals surface area contributed by atoms with Crippen LogP contribution in [-0.2, 0) is 10.8 Å². The van der Waals surface area contributed by atoms with Gasteiger partial charge in [-0.05, 0) is 207 Å². The fourth-order valence-electron chi connectivity index (χ4n) is 15.4. The van der Waals surface area contributed by atoms with E-state index >= 15 is 0 Å². The van der Waals surface area contributed by atoms with Crippen molar-refractivity contribution in [2.45, 2.75) is 51.4 Å². The van der Waals surface area contributed by atoms with Crippen molar-refractivity contribution in [3.05, 3.63) is 343 Å². The molecule has 0 aliphatic heterocycles. The molecule has 4 heteroatoms. The molecule has 2 heterocycles. The maximum Gasteiger partial charge on any atom is 0.0542 e. The van der Waals surface area contributed by atoms with Crippen LogP contribution in [0.4, 0.5) is 34.1 Å². The SMILES string of the molecule is CC1(C)C2=C(C=CCC2)c2ccc(N(c3ccccc3)c3ccc(-n4c(-c5ccc(-c6ccccc6)cc5)cc5cc6c(cc(-c7ccc(-c8ccccc8)cc7)n6-c6ccc(N(c7ccccc7)c7ccc8c(c7)C(C)(C)c7ccccc7-8)cc6)cc54)cc3)cc21. The zero-order valence-electron chi connectivity index (χ0n) is 52.2. The average molecular weight is 1180 g/mol. The Bertz CT molecular complexity index is 5200. The van der Waals surface area contributed by atoms with Crippen molar-refractivity contribution in [2.24, 2.45) is 0 Å². The summed E-state index contributed by atoms with van der Waals surface area (Å²) in [7, 11) is 0. The van der Waals surface area contributed by atoms with Gasteiger partial charge in [0.25, 0.3) is 0 Å². The summed E-state index contributed by atoms with van der Waals surface area (Å²) in [5.74, 6) is 0. The van der Waals surface area contributed by atoms with Gasteiger partial charge >= 0.3 is 0 Å². The summed E-state index contributed by atoms with van der Waals surface area (Å²) in [6.07, 6.45) is 6.90. The molecule has 92 heavy (non-hydrogen) atoms. The summed E-state index contributed by atoms with van der Waals surface area (Å²) in [5.41, 5.74) is 31.3. The lowest BCUT2D eigenvalue weighted by atomic mass is 9.78. The van der Waals surface area contributed by atoms with Gasteiger partial charge in [0.1, 0.15) is 0 Å². The Morgan fingerprint density at radius 1 is 0.304 bits per heavy atom. The Morgan fingerprint density at radius 2 is 0.685 bits per heavy atom. The molecule has 0 fully saturated rings. The second-order valence-corrected chi connectivity index (χ2v) is 26.0. The average Bonchev–Trinajstić information content (AvgIpc) is 1.60. The van der Waals surface area contributed by atoms with E-state index in [9.17, 15) is 0 Å². The predicted octanol–water partition coefficient (Wildman–Crippen LogP) is 23.9. The second kappa shape index (κ2) is 21.8. The molecule has 0 saturated carbocycles. The highest BCUT2D eigenvalue weighted by molar-refractivity contribution is 6.03. The van der Waals surface area contributed by atoms with Gasteiger partial charge in [0.2, 0.25) is 0 Å². The number of hydrogen-bond acceptors (Lipinski definition) is 2. The van der Waals surface area contributed by atoms with Crippen LogP contribution in [0, 0.1) is 0 Å². The van der Waals surface area contributed by atoms with E-state index in [1.165, 1.54) is 61.2 Å². The van der Waals surface area contributed by atoms with E-state index in [-0.39, 0.29) is 10.8 Å². The van der Waals surface area contributed by atoms with Crippen LogP contribution in [0.2, 0.25) is 0 Å². The van der Waals surface area contributed by atoms with E-state index in [1.807, 2.05) is 0 Å². The van der Waals surface area contributed by atoms with E-state index in [0.717, 1.165) is 103 Å². The predicted molar refractivity (Wildman–Crippen MR) is 387 cm³/mol. The maximum atomic E-state index is 2.47. The second-order valence-electron chi connectivity index (χ2n) is 26.0. The minimum Gasteiger partial charge on any atom is -0.310 e. The number of hydrogen-bond donors (Lipinski definition) is 0. The molecular formula is C88H68N4. The molecule has 0 atom stereocenters. The normalized spacial score (nSPS) is 14.1. The van der Waals surface area contributed by atoms with Crippen LogP contribution in [0.1, 0.15) is 62.8 Å². The third-order valence-corrected chi connectivity index (χ3v) is 20.0. The largest absolute Gasteiger partial charge is 0.310 e. The first kappa shape index (κ1) is 54.9. The first-order chi connectivity index (χ1) is 45.1. The number of para-hydroxylation sites is 2. The lowest BCUT2D eigenvalue weighted by molar-refractivity contribution is 0.607. The molecule has 17 rings (SSSR count). The minimum absolute atomic E-state index is 0.0478. The summed E-state index contributed by atoms with van der Waals surface area (Å²) < 4.78 is 4.95. The molecular weight excluding hydrogens is 1110 g/mol. The van der Waals surface area contributed by atoms with Crippen LogP contribution in [-0.4, -0.2) is 9.13 Å². The minimum atomic E-state index is -0.133. The van der Waals surface area contributed by atoms with Crippen molar-refractivity contribution < 1.29 is 0 Å². The number of rotatable bonds is 12. The molecule has 0 radical (unpaired) electrons. The fourth-order valence-corrected chi connectivity index (χ4v) is 15.4. The number of benzene rings is 12. The van der Waals surface area contributed by atoms with Gasteiger partial charge in [0, 0.05) is 67.1 Å². The Morgan fingerprint density at radius 3 is 1.17 bits per heavy atom. The number of fused-ring (bicyclic) bond motifs is 7. The summed E-state index contributed by atoms with van der Waals surface area (Å²) in [6.45, 7) is 9.54. The van der Waals surface area contributed by atoms with Gasteiger partial charge in [-0.3, -0.25) is 0 Å². The molecule has 14 aromatic rings. The summed E-state index contributed by atoms with van der Waals surface area (Å²) in [5, 5.41) is 2.31. The smallest absolute Gasteiger partial charge is 0.0542 e. The van der Waals surface area contributed by atoms with Crippen molar-refractivity contribution >= 4 is 61.5 Å². The maximum absolute atomic E-state index is 2.47. The van der Waals surface area contributed by atoms with Crippen LogP contribution in [0.15, 0.2) is 321 Å². The Kier molecular flexibility index (Phi) is 13.0. The highest BCUT2D eigenvalue weighted by Crippen LogP contribution is 2.53. The molecule has 0 N–H and O–H groups in total. The Balaban J connectivity index is 0.813. The molecule has 4 nitrogen and oxygen atoms in total. The van der Waals surface area contributed by atoms with Gasteiger partial charge in [-0.25, -0.2) is 0 Å². The molecule has 0 saturated heterocycles. The number of anilines is 6. The van der Waals surface area contributed by atoms with E-state index in [4.69, 9.17) is 0 Å². The lowest BCUT2D eigenvalue weighted by Gasteiger charge is -2.29. The molecule has 0 unspecified atom stereocenters. The lowest BCUT2D eigenvalue weighted by Crippen LogP contribution is -2.18. The standard InChI is InChI=1S/C88H68N4/c1-87(2)79-31-19-17-29-75(79)77-51-49-73(57-81(77)87)89(67-25-13-7-14-26-67)69-41-45-71(46-42-69)91-83(63-37-33-61(34-38-63)59-21-9-5-10-22-59)53-65-56-86-66(55-85(65)91)54-84(64-39-35-62(36-40-64)60-23-11-6-12-24-60)92(86)72-47-43-70(44-48-72)90(68-27-15-8-16-28-68)74-50-52-78-76-30-18-20-32-80(76)88(3,4)82(78)58-74/h5-19,21-31,33-58H,20,32H2,1-4H3. The van der Waals surface area contributed by atoms with Crippen LogP contribution in [0.3, 0.4) is 0 Å². The molecule has 3 aliphatic carbocycles. The Hall–Kier alpha value is -11.2. The van der Waals surface area contributed by atoms with Gasteiger partial charge in [0.05, 0.1) is 22.4 Å². The van der Waals surface area contributed by atoms with Gasteiger partial charge in [-0.2, -0.15) is 0 Å². The summed E-state index contributed by atoms with van der Waals surface area (Å²) in [6, 6.07) is 112. The van der Waals surface area contributed by atoms with E-state index in [2.05, 4.69) is 362 Å². The van der Waals surface area contributed by atoms with Crippen LogP contribution >= 0.6 is 0 Å². The molecule has 0 spiro atoms. The van der Waals surface area contributed by atoms with E-state index < -0.39 is 0 Å². The van der Waals surface area contributed by atoms with Gasteiger partial charge in [0.15, 0.2) is 0 Å². The fraction of sp³-hybridized carbons (Fsp3) is 0.0909. The molecule has 440 valence electrons. The van der Waals surface area contributed by atoms with Crippen molar-refractivity contribution in [1.82, 2.24) is 9.13 Å². The van der Waals surface area contributed by atoms with Crippen molar-refractivity contribution in [1.29, 1.82) is 0 Å². The van der Waals surface area contributed by atoms with Gasteiger partial charge in [-0.15, -0.1) is 0 Å². The first-order valence-corrected chi connectivity index (χ1v) is 32.4. The number of nitrogens with zero attached hydrogens (tertiary/aromatic N) is 4. The van der Waals surface area contributed by atoms with Crippen molar-refractivity contribution in [2.75, 3.05) is 9.80 Å². The molecule has 0 bridgehead atoms. The van der Waals surface area contributed by atoms with Crippen LogP contribution in [0.25, 0.3) is 94.6 Å². The molecule has 3 aliphatic rings. The van der Waals surface area contributed by atoms with E-state index in [0.29, 0.717) is 0 Å². The topological polar surface area (TPSA) is 16.3 Å². The highest BCUT2D eigenvalue weighted by atomic mass is 15.2. The third kappa shape index (κ3) is 9.11. The summed E-state index contributed by atoms with van der Waals surface area (Å²) in [4.78, 5) is 4.82. The van der Waals surface area contributed by atoms with Crippen LogP contribution < -0.4 is 9.80 Å². The summed E-state index contributed by atoms with van der Waals surface area (Å²) >= 11 is 0. The van der Waals surface area contributed by atoms with Crippen molar-refractivity contribution in [3.8, 4) is 67.3 Å². The molecule has 0 amide bonds. The zero-order valence-corrected chi connectivity index (χ0v) is 52.2. The number of aromatic nitrogens is 2. The number of allylic oxidation sites excluding steroid dienone is 4. The van der Waals surface area contributed by atoms with Gasteiger partial charge < -0.3 is 18.9 Å². The monoisotopic (exact) mass is 1180 g/mol. The highest BCUT2D eigenvalue weighted by Gasteiger charge is 2.39.